The second-order valence-electron chi connectivity index (χ2n) is 5.86. The molecule has 0 aromatic heterocycles. The van der Waals surface area contributed by atoms with Crippen LogP contribution in [0.2, 0.25) is 0 Å². The number of ether oxygens (including phenoxy) is 1. The van der Waals surface area contributed by atoms with Crippen LogP contribution in [0.1, 0.15) is 33.6 Å². The summed E-state index contributed by atoms with van der Waals surface area (Å²) in [5, 5.41) is 16.4. The van der Waals surface area contributed by atoms with Gasteiger partial charge in [0.25, 0.3) is 11.8 Å². The molecule has 0 spiro atoms. The number of hydrogen-bond donors (Lipinski definition) is 2. The van der Waals surface area contributed by atoms with Gasteiger partial charge < -0.3 is 25.3 Å². The van der Waals surface area contributed by atoms with E-state index in [0.717, 1.165) is 6.42 Å². The van der Waals surface area contributed by atoms with Gasteiger partial charge in [-0.15, -0.1) is 0 Å². The lowest BCUT2D eigenvalue weighted by molar-refractivity contribution is -0.254. The molecular formula is C19H17N2O5-. The number of nitrogens with one attached hydrogen (secondary N) is 2. The van der Waals surface area contributed by atoms with Crippen molar-refractivity contribution in [3.63, 3.8) is 0 Å². The third-order valence-corrected chi connectivity index (χ3v) is 4.03. The maximum Gasteiger partial charge on any atom is 0.255 e. The SMILES string of the molecule is O=C(Nc1ccccc1C(=O)[O-])c1ccc(NC(=O)[C@H]2CCCO2)cc1. The van der Waals surface area contributed by atoms with Crippen LogP contribution in [0.3, 0.4) is 0 Å². The summed E-state index contributed by atoms with van der Waals surface area (Å²) in [7, 11) is 0. The minimum atomic E-state index is -1.37. The predicted octanol–water partition coefficient (Wildman–Crippen LogP) is 1.42. The fourth-order valence-electron chi connectivity index (χ4n) is 2.68. The molecule has 2 aromatic rings. The molecule has 1 aliphatic rings. The number of hydrogen-bond acceptors (Lipinski definition) is 5. The van der Waals surface area contributed by atoms with E-state index in [1.165, 1.54) is 12.1 Å². The molecule has 1 aliphatic heterocycles. The molecule has 3 rings (SSSR count). The lowest BCUT2D eigenvalue weighted by Gasteiger charge is -2.12. The average Bonchev–Trinajstić information content (AvgIpc) is 3.17. The minimum Gasteiger partial charge on any atom is -0.545 e. The first-order valence-electron chi connectivity index (χ1n) is 8.19. The quantitative estimate of drug-likeness (QED) is 0.845. The number of amides is 2. The molecule has 26 heavy (non-hydrogen) atoms. The van der Waals surface area contributed by atoms with E-state index in [4.69, 9.17) is 4.74 Å². The van der Waals surface area contributed by atoms with E-state index in [-0.39, 0.29) is 17.2 Å². The Balaban J connectivity index is 1.65. The number of rotatable bonds is 5. The normalized spacial score (nSPS) is 16.1. The van der Waals surface area contributed by atoms with Crippen molar-refractivity contribution < 1.29 is 24.2 Å². The van der Waals surface area contributed by atoms with Gasteiger partial charge in [0.2, 0.25) is 0 Å². The number of para-hydroxylation sites is 1. The first-order valence-corrected chi connectivity index (χ1v) is 8.19. The molecule has 7 heteroatoms. The molecular weight excluding hydrogens is 336 g/mol. The molecule has 0 radical (unpaired) electrons. The van der Waals surface area contributed by atoms with Gasteiger partial charge in [-0.1, -0.05) is 18.2 Å². The van der Waals surface area contributed by atoms with E-state index in [1.54, 1.807) is 36.4 Å². The highest BCUT2D eigenvalue weighted by molar-refractivity contribution is 6.07. The van der Waals surface area contributed by atoms with Gasteiger partial charge in [-0.3, -0.25) is 9.59 Å². The van der Waals surface area contributed by atoms with Crippen molar-refractivity contribution in [2.45, 2.75) is 18.9 Å². The van der Waals surface area contributed by atoms with E-state index >= 15 is 0 Å². The first-order chi connectivity index (χ1) is 12.5. The Morgan fingerprint density at radius 2 is 1.73 bits per heavy atom. The van der Waals surface area contributed by atoms with Gasteiger partial charge in [-0.05, 0) is 43.2 Å². The molecule has 134 valence electrons. The van der Waals surface area contributed by atoms with Crippen LogP contribution in [0.4, 0.5) is 11.4 Å². The highest BCUT2D eigenvalue weighted by atomic mass is 16.5. The van der Waals surface area contributed by atoms with Crippen molar-refractivity contribution in [2.75, 3.05) is 17.2 Å². The lowest BCUT2D eigenvalue weighted by atomic mass is 10.1. The van der Waals surface area contributed by atoms with Crippen LogP contribution in [0.15, 0.2) is 48.5 Å². The molecule has 1 fully saturated rings. The molecule has 2 amide bonds. The number of carboxylic acids is 1. The molecule has 1 atom stereocenters. The van der Waals surface area contributed by atoms with Crippen LogP contribution in [-0.2, 0) is 9.53 Å². The van der Waals surface area contributed by atoms with Crippen molar-refractivity contribution in [2.24, 2.45) is 0 Å². The maximum absolute atomic E-state index is 12.3. The van der Waals surface area contributed by atoms with Crippen LogP contribution in [-0.4, -0.2) is 30.5 Å². The smallest absolute Gasteiger partial charge is 0.255 e. The van der Waals surface area contributed by atoms with E-state index in [9.17, 15) is 19.5 Å². The van der Waals surface area contributed by atoms with Gasteiger partial charge in [-0.2, -0.15) is 0 Å². The summed E-state index contributed by atoms with van der Waals surface area (Å²) in [5.41, 5.74) is 0.944. The molecule has 1 saturated heterocycles. The van der Waals surface area contributed by atoms with E-state index in [0.29, 0.717) is 24.3 Å². The third kappa shape index (κ3) is 4.07. The Morgan fingerprint density at radius 1 is 1.00 bits per heavy atom. The highest BCUT2D eigenvalue weighted by Gasteiger charge is 2.23. The zero-order valence-corrected chi connectivity index (χ0v) is 13.9. The molecule has 0 unspecified atom stereocenters. The van der Waals surface area contributed by atoms with Gasteiger partial charge >= 0.3 is 0 Å². The average molecular weight is 353 g/mol. The monoisotopic (exact) mass is 353 g/mol. The standard InChI is InChI=1S/C19H18N2O5/c22-17(21-15-5-2-1-4-14(15)19(24)25)12-7-9-13(10-8-12)20-18(23)16-6-3-11-26-16/h1-2,4-5,7-10,16H,3,6,11H2,(H,20,23)(H,21,22)(H,24,25)/p-1/t16-/m1/s1. The van der Waals surface area contributed by atoms with Gasteiger partial charge in [0.05, 0.1) is 11.7 Å². The third-order valence-electron chi connectivity index (χ3n) is 4.03. The highest BCUT2D eigenvalue weighted by Crippen LogP contribution is 2.18. The largest absolute Gasteiger partial charge is 0.545 e. The first kappa shape index (κ1) is 17.6. The summed E-state index contributed by atoms with van der Waals surface area (Å²) in [4.78, 5) is 35.4. The fraction of sp³-hybridized carbons (Fsp3) is 0.211. The number of carbonyl (C=O) groups is 3. The number of anilines is 2. The number of benzene rings is 2. The zero-order valence-electron chi connectivity index (χ0n) is 13.9. The van der Waals surface area contributed by atoms with Crippen molar-refractivity contribution in [3.8, 4) is 0 Å². The van der Waals surface area contributed by atoms with Crippen LogP contribution in [0.25, 0.3) is 0 Å². The summed E-state index contributed by atoms with van der Waals surface area (Å²) in [6, 6.07) is 12.3. The van der Waals surface area contributed by atoms with Crippen LogP contribution in [0, 0.1) is 0 Å². The van der Waals surface area contributed by atoms with Crippen molar-refractivity contribution in [1.29, 1.82) is 0 Å². The van der Waals surface area contributed by atoms with Crippen molar-refractivity contribution in [3.05, 3.63) is 59.7 Å². The molecule has 1 heterocycles. The van der Waals surface area contributed by atoms with E-state index < -0.39 is 18.0 Å². The number of carbonyl (C=O) groups excluding carboxylic acids is 3. The van der Waals surface area contributed by atoms with Crippen LogP contribution < -0.4 is 15.7 Å². The van der Waals surface area contributed by atoms with Crippen molar-refractivity contribution in [1.82, 2.24) is 0 Å². The van der Waals surface area contributed by atoms with Crippen molar-refractivity contribution >= 4 is 29.2 Å². The second kappa shape index (κ2) is 7.79. The van der Waals surface area contributed by atoms with E-state index in [2.05, 4.69) is 10.6 Å². The van der Waals surface area contributed by atoms with Crippen LogP contribution in [0.5, 0.6) is 0 Å². The molecule has 2 N–H and O–H groups in total. The van der Waals surface area contributed by atoms with Gasteiger partial charge in [0.1, 0.15) is 6.10 Å². The summed E-state index contributed by atoms with van der Waals surface area (Å²) < 4.78 is 5.32. The molecule has 2 aromatic carbocycles. The minimum absolute atomic E-state index is 0.0960. The predicted molar refractivity (Wildman–Crippen MR) is 92.8 cm³/mol. The molecule has 7 nitrogen and oxygen atoms in total. The number of aromatic carboxylic acids is 1. The maximum atomic E-state index is 12.3. The molecule has 0 aliphatic carbocycles. The van der Waals surface area contributed by atoms with Crippen LogP contribution >= 0.6 is 0 Å². The summed E-state index contributed by atoms with van der Waals surface area (Å²) in [6.45, 7) is 0.588. The Bertz CT molecular complexity index is 826. The lowest BCUT2D eigenvalue weighted by Crippen LogP contribution is -2.26. The van der Waals surface area contributed by atoms with Gasteiger partial charge in [0.15, 0.2) is 0 Å². The Labute approximate surface area is 150 Å². The number of carboxylic acid groups (broad SMARTS) is 1. The molecule has 0 saturated carbocycles. The second-order valence-corrected chi connectivity index (χ2v) is 5.86. The molecule has 0 bridgehead atoms. The zero-order chi connectivity index (χ0) is 18.5. The Morgan fingerprint density at radius 3 is 2.38 bits per heavy atom. The topological polar surface area (TPSA) is 108 Å². The van der Waals surface area contributed by atoms with Gasteiger partial charge in [0, 0.05) is 23.4 Å². The summed E-state index contributed by atoms with van der Waals surface area (Å²) in [5.74, 6) is -2.04. The Kier molecular flexibility index (Phi) is 5.28. The fourth-order valence-corrected chi connectivity index (χ4v) is 2.68. The van der Waals surface area contributed by atoms with E-state index in [1.807, 2.05) is 0 Å². The van der Waals surface area contributed by atoms with Gasteiger partial charge in [-0.25, -0.2) is 0 Å². The summed E-state index contributed by atoms with van der Waals surface area (Å²) in [6.07, 6.45) is 1.13. The summed E-state index contributed by atoms with van der Waals surface area (Å²) >= 11 is 0. The Hall–Kier alpha value is -3.19.